The molecule has 0 saturated heterocycles. The van der Waals surface area contributed by atoms with Gasteiger partial charge < -0.3 is 4.74 Å². The predicted molar refractivity (Wildman–Crippen MR) is 70.8 cm³/mol. The maximum absolute atomic E-state index is 13.0. The molecule has 2 aromatic rings. The van der Waals surface area contributed by atoms with E-state index in [0.717, 1.165) is 13.2 Å². The van der Waals surface area contributed by atoms with Crippen LogP contribution in [0.2, 0.25) is 0 Å². The lowest BCUT2D eigenvalue weighted by Gasteiger charge is -2.19. The van der Waals surface area contributed by atoms with Crippen molar-refractivity contribution in [1.82, 2.24) is 14.8 Å². The second kappa shape index (κ2) is 6.14. The van der Waals surface area contributed by atoms with E-state index < -0.39 is 23.8 Å². The van der Waals surface area contributed by atoms with Gasteiger partial charge in [-0.25, -0.2) is 4.68 Å². The molecule has 0 radical (unpaired) electrons. The Bertz CT molecular complexity index is 669. The summed E-state index contributed by atoms with van der Waals surface area (Å²) in [7, 11) is 2.70. The number of nitrogens with one attached hydrogen (secondary N) is 1. The van der Waals surface area contributed by atoms with Crippen LogP contribution in [-0.4, -0.2) is 27.8 Å². The molecule has 1 amide bonds. The molecule has 9 heteroatoms. The predicted octanol–water partition coefficient (Wildman–Crippen LogP) is 2.16. The number of ether oxygens (including phenoxy) is 1. The molecule has 0 spiro atoms. The van der Waals surface area contributed by atoms with Crippen LogP contribution >= 0.6 is 0 Å². The number of carbonyl (C=O) groups is 1. The smallest absolute Gasteiger partial charge is 0.367 e. The number of halogens is 3. The SMILES string of the molecule is COC(C(=O)Nc1ncnn1C)c1ccccc1C(F)(F)F. The molecule has 0 saturated carbocycles. The van der Waals surface area contributed by atoms with Gasteiger partial charge in [-0.1, -0.05) is 18.2 Å². The van der Waals surface area contributed by atoms with Crippen molar-refractivity contribution in [2.75, 3.05) is 12.4 Å². The molecule has 1 aromatic carbocycles. The number of benzene rings is 1. The van der Waals surface area contributed by atoms with Crippen LogP contribution in [0.1, 0.15) is 17.2 Å². The van der Waals surface area contributed by atoms with Crippen LogP contribution in [0, 0.1) is 0 Å². The van der Waals surface area contributed by atoms with Crippen molar-refractivity contribution in [2.24, 2.45) is 7.05 Å². The summed E-state index contributed by atoms with van der Waals surface area (Å²) in [5.74, 6) is -0.660. The molecule has 0 aliphatic rings. The molecule has 0 bridgehead atoms. The number of alkyl halides is 3. The Labute approximate surface area is 123 Å². The lowest BCUT2D eigenvalue weighted by atomic mass is 10.0. The van der Waals surface area contributed by atoms with Gasteiger partial charge in [0.25, 0.3) is 5.91 Å². The minimum Gasteiger partial charge on any atom is -0.367 e. The van der Waals surface area contributed by atoms with E-state index >= 15 is 0 Å². The Balaban J connectivity index is 2.33. The Morgan fingerprint density at radius 1 is 1.36 bits per heavy atom. The van der Waals surface area contributed by atoms with Crippen molar-refractivity contribution >= 4 is 11.9 Å². The van der Waals surface area contributed by atoms with Crippen LogP contribution in [0.15, 0.2) is 30.6 Å². The Kier molecular flexibility index (Phi) is 4.45. The van der Waals surface area contributed by atoms with E-state index in [0.29, 0.717) is 0 Å². The number of nitrogens with zero attached hydrogens (tertiary/aromatic N) is 3. The van der Waals surface area contributed by atoms with E-state index in [1.807, 2.05) is 0 Å². The quantitative estimate of drug-likeness (QED) is 0.939. The monoisotopic (exact) mass is 314 g/mol. The highest BCUT2D eigenvalue weighted by molar-refractivity contribution is 5.93. The first kappa shape index (κ1) is 16.0. The summed E-state index contributed by atoms with van der Waals surface area (Å²) in [5, 5.41) is 6.13. The average molecular weight is 314 g/mol. The molecule has 1 atom stereocenters. The van der Waals surface area contributed by atoms with E-state index in [4.69, 9.17) is 4.74 Å². The second-order valence-electron chi connectivity index (χ2n) is 4.40. The summed E-state index contributed by atoms with van der Waals surface area (Å²) in [5.41, 5.74) is -1.19. The summed E-state index contributed by atoms with van der Waals surface area (Å²) >= 11 is 0. The van der Waals surface area contributed by atoms with Crippen molar-refractivity contribution in [3.8, 4) is 0 Å². The topological polar surface area (TPSA) is 69.0 Å². The van der Waals surface area contributed by atoms with Gasteiger partial charge in [0.05, 0.1) is 5.56 Å². The second-order valence-corrected chi connectivity index (χ2v) is 4.40. The van der Waals surface area contributed by atoms with E-state index in [1.165, 1.54) is 36.3 Å². The Morgan fingerprint density at radius 3 is 2.59 bits per heavy atom. The van der Waals surface area contributed by atoms with E-state index in [1.54, 1.807) is 0 Å². The molecule has 22 heavy (non-hydrogen) atoms. The summed E-state index contributed by atoms with van der Waals surface area (Å²) in [6, 6.07) is 4.76. The lowest BCUT2D eigenvalue weighted by molar-refractivity contribution is -0.140. The summed E-state index contributed by atoms with van der Waals surface area (Å²) < 4.78 is 45.3. The molecule has 0 aliphatic heterocycles. The third-order valence-corrected chi connectivity index (χ3v) is 2.97. The molecule has 0 fully saturated rings. The number of aromatic nitrogens is 3. The van der Waals surface area contributed by atoms with Crippen LogP contribution in [0.3, 0.4) is 0 Å². The molecule has 1 N–H and O–H groups in total. The lowest BCUT2D eigenvalue weighted by Crippen LogP contribution is -2.26. The van der Waals surface area contributed by atoms with Gasteiger partial charge in [-0.2, -0.15) is 23.3 Å². The highest BCUT2D eigenvalue weighted by Crippen LogP contribution is 2.35. The van der Waals surface area contributed by atoms with Crippen LogP contribution in [0.4, 0.5) is 19.1 Å². The third-order valence-electron chi connectivity index (χ3n) is 2.97. The van der Waals surface area contributed by atoms with Crippen molar-refractivity contribution < 1.29 is 22.7 Å². The fraction of sp³-hybridized carbons (Fsp3) is 0.308. The minimum absolute atomic E-state index is 0.108. The van der Waals surface area contributed by atoms with Crippen LogP contribution in [-0.2, 0) is 22.8 Å². The maximum atomic E-state index is 13.0. The number of methoxy groups -OCH3 is 1. The molecular formula is C13H13F3N4O2. The molecular weight excluding hydrogens is 301 g/mol. The summed E-state index contributed by atoms with van der Waals surface area (Å²) in [4.78, 5) is 16.0. The van der Waals surface area contributed by atoms with Crippen LogP contribution in [0.5, 0.6) is 0 Å². The van der Waals surface area contributed by atoms with E-state index in [2.05, 4.69) is 15.4 Å². The fourth-order valence-corrected chi connectivity index (χ4v) is 1.94. The number of carbonyl (C=O) groups excluding carboxylic acids is 1. The largest absolute Gasteiger partial charge is 0.416 e. The van der Waals surface area contributed by atoms with E-state index in [9.17, 15) is 18.0 Å². The average Bonchev–Trinajstić information content (AvgIpc) is 2.84. The van der Waals surface area contributed by atoms with Gasteiger partial charge >= 0.3 is 6.18 Å². The third kappa shape index (κ3) is 3.25. The highest BCUT2D eigenvalue weighted by Gasteiger charge is 2.37. The number of hydrogen-bond donors (Lipinski definition) is 1. The summed E-state index contributed by atoms with van der Waals surface area (Å²) in [6.07, 6.45) is -4.80. The fourth-order valence-electron chi connectivity index (χ4n) is 1.94. The number of aryl methyl sites for hydroxylation is 1. The zero-order chi connectivity index (χ0) is 16.3. The molecule has 1 heterocycles. The molecule has 118 valence electrons. The van der Waals surface area contributed by atoms with Crippen molar-refractivity contribution in [3.05, 3.63) is 41.7 Å². The molecule has 6 nitrogen and oxygen atoms in total. The zero-order valence-electron chi connectivity index (χ0n) is 11.8. The molecule has 1 aromatic heterocycles. The summed E-state index contributed by atoms with van der Waals surface area (Å²) in [6.45, 7) is 0. The van der Waals surface area contributed by atoms with Crippen molar-refractivity contribution in [3.63, 3.8) is 0 Å². The standard InChI is InChI=1S/C13H13F3N4O2/c1-20-12(17-7-18-20)19-11(21)10(22-2)8-5-3-4-6-9(8)13(14,15)16/h3-7,10H,1-2H3,(H,17,18,19,21). The van der Waals surface area contributed by atoms with E-state index in [-0.39, 0.29) is 11.5 Å². The van der Waals surface area contributed by atoms with Gasteiger partial charge in [0.15, 0.2) is 6.10 Å². The number of rotatable bonds is 4. The van der Waals surface area contributed by atoms with Gasteiger partial charge in [0, 0.05) is 19.7 Å². The van der Waals surface area contributed by atoms with Gasteiger partial charge in [0.1, 0.15) is 6.33 Å². The number of hydrogen-bond acceptors (Lipinski definition) is 4. The Morgan fingerprint density at radius 2 is 2.05 bits per heavy atom. The van der Waals surface area contributed by atoms with Crippen molar-refractivity contribution in [2.45, 2.75) is 12.3 Å². The normalized spacial score (nSPS) is 13.0. The van der Waals surface area contributed by atoms with Crippen LogP contribution < -0.4 is 5.32 Å². The number of anilines is 1. The molecule has 0 aliphatic carbocycles. The first-order chi connectivity index (χ1) is 10.3. The first-order valence-electron chi connectivity index (χ1n) is 6.18. The Hall–Kier alpha value is -2.42. The number of amides is 1. The van der Waals surface area contributed by atoms with Crippen molar-refractivity contribution in [1.29, 1.82) is 0 Å². The first-order valence-corrected chi connectivity index (χ1v) is 6.18. The molecule has 1 unspecified atom stereocenters. The van der Waals surface area contributed by atoms with Gasteiger partial charge in [0.2, 0.25) is 5.95 Å². The van der Waals surface area contributed by atoms with Gasteiger partial charge in [-0.05, 0) is 6.07 Å². The van der Waals surface area contributed by atoms with Gasteiger partial charge in [-0.3, -0.25) is 10.1 Å². The molecule has 2 rings (SSSR count). The van der Waals surface area contributed by atoms with Crippen LogP contribution in [0.25, 0.3) is 0 Å². The maximum Gasteiger partial charge on any atom is 0.416 e. The minimum atomic E-state index is -4.58. The van der Waals surface area contributed by atoms with Gasteiger partial charge in [-0.15, -0.1) is 0 Å². The zero-order valence-corrected chi connectivity index (χ0v) is 11.8. The highest BCUT2D eigenvalue weighted by atomic mass is 19.4.